The lowest BCUT2D eigenvalue weighted by molar-refractivity contribution is -0.137. The number of ether oxygens (including phenoxy) is 1. The number of anilines is 1. The molecule has 2 aromatic rings. The molecule has 0 radical (unpaired) electrons. The van der Waals surface area contributed by atoms with Crippen molar-refractivity contribution in [3.05, 3.63) is 59.2 Å². The molecule has 1 saturated carbocycles. The number of thioether (sulfide) groups is 1. The first kappa shape index (κ1) is 30.8. The van der Waals surface area contributed by atoms with Crippen LogP contribution in [0.1, 0.15) is 58.9 Å². The summed E-state index contributed by atoms with van der Waals surface area (Å²) in [6.45, 7) is 1.03. The first-order valence-corrected chi connectivity index (χ1v) is 13.9. The van der Waals surface area contributed by atoms with Crippen molar-refractivity contribution in [3.63, 3.8) is 0 Å². The third-order valence-electron chi connectivity index (χ3n) is 6.29. The van der Waals surface area contributed by atoms with Gasteiger partial charge in [0.25, 0.3) is 11.8 Å². The highest BCUT2D eigenvalue weighted by Gasteiger charge is 2.32. The molecule has 3 rings (SSSR count). The summed E-state index contributed by atoms with van der Waals surface area (Å²) in [5, 5.41) is 10.3. The predicted octanol–water partition coefficient (Wildman–Crippen LogP) is 4.58. The number of hydrogen-bond donors (Lipinski definition) is 4. The number of alkyl halides is 3. The van der Waals surface area contributed by atoms with E-state index in [1.165, 1.54) is 0 Å². The largest absolute Gasteiger partial charge is 0.450 e. The average molecular weight is 581 g/mol. The Balaban J connectivity index is 1.63. The van der Waals surface area contributed by atoms with Crippen molar-refractivity contribution in [1.82, 2.24) is 16.0 Å². The second-order valence-electron chi connectivity index (χ2n) is 9.05. The van der Waals surface area contributed by atoms with Crippen LogP contribution in [-0.2, 0) is 15.7 Å². The van der Waals surface area contributed by atoms with E-state index in [0.717, 1.165) is 29.9 Å². The van der Waals surface area contributed by atoms with Crippen molar-refractivity contribution in [2.75, 3.05) is 24.7 Å². The van der Waals surface area contributed by atoms with Crippen LogP contribution >= 0.6 is 11.8 Å². The number of carbonyl (C=O) groups excluding carboxylic acids is 4. The van der Waals surface area contributed by atoms with Gasteiger partial charge in [-0.25, -0.2) is 4.79 Å². The molecule has 216 valence electrons. The third-order valence-corrected chi connectivity index (χ3v) is 7.04. The minimum atomic E-state index is -4.73. The summed E-state index contributed by atoms with van der Waals surface area (Å²) >= 11 is 1.56. The fourth-order valence-corrected chi connectivity index (χ4v) is 4.69. The summed E-state index contributed by atoms with van der Waals surface area (Å²) in [6, 6.07) is 8.69. The fourth-order valence-electron chi connectivity index (χ4n) is 4.28. The van der Waals surface area contributed by atoms with Crippen molar-refractivity contribution in [1.29, 1.82) is 0 Å². The van der Waals surface area contributed by atoms with E-state index in [0.29, 0.717) is 24.5 Å². The van der Waals surface area contributed by atoms with Crippen LogP contribution < -0.4 is 21.3 Å². The first-order valence-electron chi connectivity index (χ1n) is 12.7. The van der Waals surface area contributed by atoms with E-state index in [-0.39, 0.29) is 30.3 Å². The molecule has 1 aliphatic carbocycles. The lowest BCUT2D eigenvalue weighted by Crippen LogP contribution is -2.54. The fraction of sp³-hybridized carbons (Fsp3) is 0.407. The molecule has 2 atom stereocenters. The molecule has 2 aromatic carbocycles. The van der Waals surface area contributed by atoms with Gasteiger partial charge in [0.15, 0.2) is 0 Å². The molecule has 4 N–H and O–H groups in total. The zero-order valence-corrected chi connectivity index (χ0v) is 22.8. The second-order valence-corrected chi connectivity index (χ2v) is 9.93. The minimum absolute atomic E-state index is 0.0150. The molecule has 4 amide bonds. The van der Waals surface area contributed by atoms with Gasteiger partial charge in [0.2, 0.25) is 5.91 Å². The molecule has 0 spiro atoms. The predicted molar refractivity (Wildman–Crippen MR) is 144 cm³/mol. The number of halogens is 3. The summed E-state index contributed by atoms with van der Waals surface area (Å²) in [6.07, 6.45) is -0.779. The zero-order chi connectivity index (χ0) is 29.3. The maximum absolute atomic E-state index is 13.3. The lowest BCUT2D eigenvalue weighted by atomic mass is 9.90. The number of amides is 4. The molecule has 0 bridgehead atoms. The molecular weight excluding hydrogens is 549 g/mol. The van der Waals surface area contributed by atoms with Crippen LogP contribution in [0, 0.1) is 0 Å². The van der Waals surface area contributed by atoms with Gasteiger partial charge in [0, 0.05) is 22.5 Å². The van der Waals surface area contributed by atoms with E-state index in [4.69, 9.17) is 4.74 Å². The van der Waals surface area contributed by atoms with E-state index in [2.05, 4.69) is 21.3 Å². The Bertz CT molecular complexity index is 1220. The minimum Gasteiger partial charge on any atom is -0.450 e. The van der Waals surface area contributed by atoms with Crippen LogP contribution in [0.4, 0.5) is 23.7 Å². The van der Waals surface area contributed by atoms with Gasteiger partial charge in [-0.2, -0.15) is 13.2 Å². The van der Waals surface area contributed by atoms with Gasteiger partial charge in [-0.1, -0.05) is 12.8 Å². The Morgan fingerprint density at radius 2 is 1.60 bits per heavy atom. The SMILES string of the molecule is CCOC(=O)Nc1ccc(C(F)(F)F)cc1C(=O)NCC(=O)N[C@@H]1CCCC[C@@H]1NC(=O)c1ccc(SC)cc1. The highest BCUT2D eigenvalue weighted by Crippen LogP contribution is 2.32. The summed E-state index contributed by atoms with van der Waals surface area (Å²) < 4.78 is 44.5. The molecule has 13 heteroatoms. The third kappa shape index (κ3) is 8.63. The van der Waals surface area contributed by atoms with Crippen molar-refractivity contribution in [2.24, 2.45) is 0 Å². The summed E-state index contributed by atoms with van der Waals surface area (Å²) in [5.74, 6) is -1.83. The maximum atomic E-state index is 13.3. The summed E-state index contributed by atoms with van der Waals surface area (Å²) in [7, 11) is 0. The van der Waals surface area contributed by atoms with E-state index in [1.807, 2.05) is 18.4 Å². The Morgan fingerprint density at radius 1 is 0.950 bits per heavy atom. The number of benzene rings is 2. The van der Waals surface area contributed by atoms with E-state index in [1.54, 1.807) is 30.8 Å². The van der Waals surface area contributed by atoms with Gasteiger partial charge in [-0.05, 0) is 68.5 Å². The van der Waals surface area contributed by atoms with Crippen LogP contribution in [0.3, 0.4) is 0 Å². The molecule has 1 fully saturated rings. The van der Waals surface area contributed by atoms with Crippen LogP contribution in [-0.4, -0.2) is 55.3 Å². The van der Waals surface area contributed by atoms with Gasteiger partial charge < -0.3 is 20.7 Å². The highest BCUT2D eigenvalue weighted by molar-refractivity contribution is 7.98. The topological polar surface area (TPSA) is 126 Å². The van der Waals surface area contributed by atoms with E-state index < -0.39 is 41.8 Å². The first-order chi connectivity index (χ1) is 19.0. The van der Waals surface area contributed by atoms with Gasteiger partial charge >= 0.3 is 12.3 Å². The Morgan fingerprint density at radius 3 is 2.20 bits per heavy atom. The van der Waals surface area contributed by atoms with Crippen molar-refractivity contribution >= 4 is 41.3 Å². The smallest absolute Gasteiger partial charge is 0.416 e. The van der Waals surface area contributed by atoms with Gasteiger partial charge in [0.05, 0.1) is 30.0 Å². The molecule has 40 heavy (non-hydrogen) atoms. The molecule has 1 aliphatic rings. The Kier molecular flexibility index (Phi) is 10.8. The highest BCUT2D eigenvalue weighted by atomic mass is 32.2. The molecule has 0 unspecified atom stereocenters. The van der Waals surface area contributed by atoms with Gasteiger partial charge in [-0.15, -0.1) is 11.8 Å². The van der Waals surface area contributed by atoms with Gasteiger partial charge in [0.1, 0.15) is 0 Å². The molecular formula is C27H31F3N4O5S. The maximum Gasteiger partial charge on any atom is 0.416 e. The van der Waals surface area contributed by atoms with Crippen LogP contribution in [0.25, 0.3) is 0 Å². The van der Waals surface area contributed by atoms with Crippen molar-refractivity contribution < 1.29 is 37.1 Å². The molecule has 0 saturated heterocycles. The molecule has 0 heterocycles. The second kappa shape index (κ2) is 14.1. The zero-order valence-electron chi connectivity index (χ0n) is 22.0. The van der Waals surface area contributed by atoms with Gasteiger partial charge in [-0.3, -0.25) is 19.7 Å². The van der Waals surface area contributed by atoms with E-state index in [9.17, 15) is 32.3 Å². The average Bonchev–Trinajstić information content (AvgIpc) is 2.92. The van der Waals surface area contributed by atoms with Crippen LogP contribution in [0.5, 0.6) is 0 Å². The van der Waals surface area contributed by atoms with Crippen LogP contribution in [0.15, 0.2) is 47.4 Å². The Hall–Kier alpha value is -3.74. The quantitative estimate of drug-likeness (QED) is 0.322. The van der Waals surface area contributed by atoms with Crippen molar-refractivity contribution in [2.45, 2.75) is 55.8 Å². The number of carbonyl (C=O) groups is 4. The Labute approximate surface area is 234 Å². The summed E-state index contributed by atoms with van der Waals surface area (Å²) in [4.78, 5) is 51.0. The monoisotopic (exact) mass is 580 g/mol. The molecule has 0 aromatic heterocycles. The lowest BCUT2D eigenvalue weighted by Gasteiger charge is -2.33. The number of hydrogen-bond acceptors (Lipinski definition) is 6. The molecule has 9 nitrogen and oxygen atoms in total. The van der Waals surface area contributed by atoms with Crippen LogP contribution in [0.2, 0.25) is 0 Å². The normalized spacial score (nSPS) is 16.9. The number of nitrogens with one attached hydrogen (secondary N) is 4. The van der Waals surface area contributed by atoms with E-state index >= 15 is 0 Å². The molecule has 0 aliphatic heterocycles. The summed E-state index contributed by atoms with van der Waals surface area (Å²) in [5.41, 5.74) is -1.29. The van der Waals surface area contributed by atoms with Crippen molar-refractivity contribution in [3.8, 4) is 0 Å². The number of rotatable bonds is 9. The standard InChI is InChI=1S/C27H31F3N4O5S/c1-3-39-26(38)34-20-13-10-17(27(28,29)30)14-19(20)25(37)31-15-23(35)32-21-6-4-5-7-22(21)33-24(36)16-8-11-18(40-2)12-9-16/h8-14,21-22H,3-7,15H2,1-2H3,(H,31,37)(H,32,35)(H,33,36)(H,34,38)/t21-,22+/m1/s1.